The molecular formula is C17H22FN3. The Balaban J connectivity index is 1.74. The second-order valence-electron chi connectivity index (χ2n) is 5.93. The van der Waals surface area contributed by atoms with E-state index in [9.17, 15) is 4.39 Å². The van der Waals surface area contributed by atoms with Gasteiger partial charge in [0.2, 0.25) is 0 Å². The number of hydrogen-bond donors (Lipinski definition) is 1. The number of benzene rings is 1. The molecule has 1 atom stereocenters. The Bertz CT molecular complexity index is 570. The van der Waals surface area contributed by atoms with Crippen LogP contribution in [0.25, 0.3) is 0 Å². The van der Waals surface area contributed by atoms with Gasteiger partial charge in [-0.3, -0.25) is 0 Å². The molecule has 2 aromatic rings. The summed E-state index contributed by atoms with van der Waals surface area (Å²) in [5, 5.41) is 3.41. The number of piperidine rings is 1. The van der Waals surface area contributed by atoms with Gasteiger partial charge in [0.1, 0.15) is 5.82 Å². The summed E-state index contributed by atoms with van der Waals surface area (Å²) in [6, 6.07) is 7.13. The van der Waals surface area contributed by atoms with E-state index < -0.39 is 0 Å². The molecule has 0 aliphatic carbocycles. The molecule has 3 nitrogen and oxygen atoms in total. The maximum Gasteiger partial charge on any atom is 0.123 e. The Morgan fingerprint density at radius 2 is 2.00 bits per heavy atom. The molecule has 21 heavy (non-hydrogen) atoms. The van der Waals surface area contributed by atoms with E-state index in [0.29, 0.717) is 12.0 Å². The van der Waals surface area contributed by atoms with E-state index in [4.69, 9.17) is 0 Å². The quantitative estimate of drug-likeness (QED) is 0.935. The van der Waals surface area contributed by atoms with Gasteiger partial charge in [0.05, 0.1) is 6.33 Å². The fourth-order valence-corrected chi connectivity index (χ4v) is 3.18. The normalized spacial score (nSPS) is 17.8. The summed E-state index contributed by atoms with van der Waals surface area (Å²) in [6.45, 7) is 4.37. The first kappa shape index (κ1) is 14.3. The third-order valence-electron chi connectivity index (χ3n) is 4.37. The van der Waals surface area contributed by atoms with Crippen LogP contribution in [0.1, 0.15) is 43.0 Å². The fourth-order valence-electron chi connectivity index (χ4n) is 3.18. The zero-order chi connectivity index (χ0) is 14.7. The lowest BCUT2D eigenvalue weighted by Gasteiger charge is -2.26. The minimum atomic E-state index is -0.176. The number of imidazole rings is 1. The molecule has 1 aromatic carbocycles. The molecule has 0 saturated carbocycles. The molecule has 0 amide bonds. The van der Waals surface area contributed by atoms with Crippen LogP contribution in [0, 0.1) is 5.82 Å². The average molecular weight is 287 g/mol. The molecule has 112 valence electrons. The topological polar surface area (TPSA) is 29.9 Å². The van der Waals surface area contributed by atoms with Gasteiger partial charge in [-0.15, -0.1) is 0 Å². The number of hydrogen-bond acceptors (Lipinski definition) is 2. The highest BCUT2D eigenvalue weighted by atomic mass is 19.1. The lowest BCUT2D eigenvalue weighted by atomic mass is 9.94. The summed E-state index contributed by atoms with van der Waals surface area (Å²) in [6.07, 6.45) is 7.20. The lowest BCUT2D eigenvalue weighted by Crippen LogP contribution is -2.28. The second-order valence-corrected chi connectivity index (χ2v) is 5.93. The Labute approximate surface area is 125 Å². The molecule has 1 saturated heterocycles. The molecule has 1 aromatic heterocycles. The maximum absolute atomic E-state index is 13.0. The lowest BCUT2D eigenvalue weighted by molar-refractivity contribution is 0.421. The van der Waals surface area contributed by atoms with Crippen molar-refractivity contribution in [2.24, 2.45) is 0 Å². The van der Waals surface area contributed by atoms with E-state index in [2.05, 4.69) is 21.8 Å². The standard InChI is InChI=1S/C17H22FN3/c1-13(10-14-2-4-16(18)5-3-14)21-12-20-11-17(21)15-6-8-19-9-7-15/h2-5,11-13,15,19H,6-10H2,1H3. The fraction of sp³-hybridized carbons (Fsp3) is 0.471. The van der Waals surface area contributed by atoms with Gasteiger partial charge in [-0.1, -0.05) is 12.1 Å². The molecule has 4 heteroatoms. The Morgan fingerprint density at radius 3 is 2.71 bits per heavy atom. The minimum Gasteiger partial charge on any atom is -0.331 e. The minimum absolute atomic E-state index is 0.176. The van der Waals surface area contributed by atoms with Crippen LogP contribution in [0.3, 0.4) is 0 Å². The van der Waals surface area contributed by atoms with Gasteiger partial charge in [-0.05, 0) is 57.0 Å². The zero-order valence-electron chi connectivity index (χ0n) is 12.4. The number of halogens is 1. The van der Waals surface area contributed by atoms with Gasteiger partial charge in [0.25, 0.3) is 0 Å². The van der Waals surface area contributed by atoms with Crippen LogP contribution in [0.15, 0.2) is 36.8 Å². The van der Waals surface area contributed by atoms with Gasteiger partial charge >= 0.3 is 0 Å². The van der Waals surface area contributed by atoms with E-state index in [1.54, 1.807) is 0 Å². The highest BCUT2D eigenvalue weighted by Crippen LogP contribution is 2.28. The number of nitrogens with one attached hydrogen (secondary N) is 1. The first-order valence-electron chi connectivity index (χ1n) is 7.71. The Morgan fingerprint density at radius 1 is 1.29 bits per heavy atom. The Hall–Kier alpha value is -1.68. The molecule has 1 fully saturated rings. The van der Waals surface area contributed by atoms with Gasteiger partial charge < -0.3 is 9.88 Å². The first-order valence-corrected chi connectivity index (χ1v) is 7.71. The third kappa shape index (κ3) is 3.32. The molecule has 1 aliphatic heterocycles. The van der Waals surface area contributed by atoms with Crippen molar-refractivity contribution in [3.63, 3.8) is 0 Å². The van der Waals surface area contributed by atoms with Crippen LogP contribution in [-0.4, -0.2) is 22.6 Å². The van der Waals surface area contributed by atoms with Crippen LogP contribution >= 0.6 is 0 Å². The van der Waals surface area contributed by atoms with E-state index in [-0.39, 0.29) is 5.82 Å². The summed E-state index contributed by atoms with van der Waals surface area (Å²) in [5.74, 6) is 0.425. The molecule has 0 spiro atoms. The SMILES string of the molecule is CC(Cc1ccc(F)cc1)n1cncc1C1CCNCC1. The molecule has 1 N–H and O–H groups in total. The smallest absolute Gasteiger partial charge is 0.123 e. The monoisotopic (exact) mass is 287 g/mol. The van der Waals surface area contributed by atoms with Crippen LogP contribution < -0.4 is 5.32 Å². The molecule has 3 rings (SSSR count). The molecule has 1 unspecified atom stereocenters. The van der Waals surface area contributed by atoms with Crippen molar-refractivity contribution in [1.29, 1.82) is 0 Å². The van der Waals surface area contributed by atoms with Crippen molar-refractivity contribution >= 4 is 0 Å². The average Bonchev–Trinajstić information content (AvgIpc) is 3.00. The summed E-state index contributed by atoms with van der Waals surface area (Å²) in [4.78, 5) is 4.36. The summed E-state index contributed by atoms with van der Waals surface area (Å²) < 4.78 is 15.3. The van der Waals surface area contributed by atoms with E-state index in [1.165, 1.54) is 30.7 Å². The molecule has 2 heterocycles. The van der Waals surface area contributed by atoms with Crippen LogP contribution in [0.4, 0.5) is 4.39 Å². The largest absolute Gasteiger partial charge is 0.331 e. The van der Waals surface area contributed by atoms with Gasteiger partial charge in [0.15, 0.2) is 0 Å². The van der Waals surface area contributed by atoms with Crippen LogP contribution in [0.2, 0.25) is 0 Å². The predicted octanol–water partition coefficient (Wildman–Crippen LogP) is 3.29. The van der Waals surface area contributed by atoms with Crippen LogP contribution in [-0.2, 0) is 6.42 Å². The van der Waals surface area contributed by atoms with E-state index in [0.717, 1.165) is 25.1 Å². The van der Waals surface area contributed by atoms with Crippen molar-refractivity contribution in [2.45, 2.75) is 38.1 Å². The van der Waals surface area contributed by atoms with Crippen LogP contribution in [0.5, 0.6) is 0 Å². The Kier molecular flexibility index (Phi) is 4.34. The van der Waals surface area contributed by atoms with Crippen molar-refractivity contribution in [3.05, 3.63) is 53.9 Å². The van der Waals surface area contributed by atoms with Gasteiger partial charge in [-0.25, -0.2) is 9.37 Å². The van der Waals surface area contributed by atoms with E-state index in [1.807, 2.05) is 24.7 Å². The first-order chi connectivity index (χ1) is 10.2. The summed E-state index contributed by atoms with van der Waals surface area (Å²) in [7, 11) is 0. The highest BCUT2D eigenvalue weighted by molar-refractivity contribution is 5.18. The number of nitrogens with zero attached hydrogens (tertiary/aromatic N) is 2. The van der Waals surface area contributed by atoms with Gasteiger partial charge in [0, 0.05) is 23.9 Å². The number of rotatable bonds is 4. The van der Waals surface area contributed by atoms with Crippen molar-refractivity contribution in [2.75, 3.05) is 13.1 Å². The molecular weight excluding hydrogens is 265 g/mol. The summed E-state index contributed by atoms with van der Waals surface area (Å²) in [5.41, 5.74) is 2.50. The maximum atomic E-state index is 13.0. The number of aromatic nitrogens is 2. The highest BCUT2D eigenvalue weighted by Gasteiger charge is 2.20. The predicted molar refractivity (Wildman–Crippen MR) is 81.9 cm³/mol. The van der Waals surface area contributed by atoms with E-state index >= 15 is 0 Å². The second kappa shape index (κ2) is 6.39. The van der Waals surface area contributed by atoms with Crippen molar-refractivity contribution in [1.82, 2.24) is 14.9 Å². The van der Waals surface area contributed by atoms with Crippen molar-refractivity contribution < 1.29 is 4.39 Å². The molecule has 0 bridgehead atoms. The van der Waals surface area contributed by atoms with Crippen molar-refractivity contribution in [3.8, 4) is 0 Å². The molecule has 0 radical (unpaired) electrons. The zero-order valence-corrected chi connectivity index (χ0v) is 12.4. The molecule has 1 aliphatic rings. The third-order valence-corrected chi connectivity index (χ3v) is 4.37. The van der Waals surface area contributed by atoms with Gasteiger partial charge in [-0.2, -0.15) is 0 Å². The summed E-state index contributed by atoms with van der Waals surface area (Å²) >= 11 is 0.